The van der Waals surface area contributed by atoms with Crippen LogP contribution in [-0.4, -0.2) is 37.0 Å². The lowest BCUT2D eigenvalue weighted by molar-refractivity contribution is -0.130. The van der Waals surface area contributed by atoms with Crippen LogP contribution in [0, 0.1) is 5.92 Å². The van der Waals surface area contributed by atoms with Gasteiger partial charge in [-0.05, 0) is 35.9 Å². The van der Waals surface area contributed by atoms with Crippen molar-refractivity contribution in [2.24, 2.45) is 5.92 Å². The van der Waals surface area contributed by atoms with Crippen LogP contribution in [0.4, 0.5) is 0 Å². The lowest BCUT2D eigenvalue weighted by atomic mass is 10.2. The van der Waals surface area contributed by atoms with E-state index in [1.54, 1.807) is 22.8 Å². The quantitative estimate of drug-likeness (QED) is 0.431. The molecule has 0 saturated heterocycles. The van der Waals surface area contributed by atoms with Gasteiger partial charge in [-0.15, -0.1) is 21.5 Å². The molecule has 0 saturated carbocycles. The molecule has 0 aliphatic carbocycles. The van der Waals surface area contributed by atoms with Gasteiger partial charge in [-0.3, -0.25) is 18.6 Å². The minimum Gasteiger partial charge on any atom is -0.467 e. The van der Waals surface area contributed by atoms with Gasteiger partial charge in [-0.2, -0.15) is 0 Å². The Bertz CT molecular complexity index is 1220. The largest absolute Gasteiger partial charge is 0.467 e. The van der Waals surface area contributed by atoms with Crippen molar-refractivity contribution in [3.8, 4) is 0 Å². The van der Waals surface area contributed by atoms with E-state index < -0.39 is 0 Å². The van der Waals surface area contributed by atoms with E-state index >= 15 is 0 Å². The Labute approximate surface area is 177 Å². The highest BCUT2D eigenvalue weighted by Gasteiger charge is 2.18. The van der Waals surface area contributed by atoms with Crippen LogP contribution >= 0.6 is 11.3 Å². The van der Waals surface area contributed by atoms with Crippen LogP contribution < -0.4 is 5.56 Å². The highest BCUT2D eigenvalue weighted by molar-refractivity contribution is 7.17. The summed E-state index contributed by atoms with van der Waals surface area (Å²) in [6, 6.07) is 5.60. The first-order chi connectivity index (χ1) is 14.5. The number of furan rings is 1. The number of hydrogen-bond acceptors (Lipinski definition) is 6. The second kappa shape index (κ2) is 8.43. The molecule has 0 aromatic carbocycles. The topological polar surface area (TPSA) is 85.6 Å². The van der Waals surface area contributed by atoms with E-state index in [0.29, 0.717) is 48.7 Å². The van der Waals surface area contributed by atoms with Gasteiger partial charge in [0.15, 0.2) is 0 Å². The third kappa shape index (κ3) is 3.89. The van der Waals surface area contributed by atoms with Crippen LogP contribution in [0.5, 0.6) is 0 Å². The fraction of sp³-hybridized carbons (Fsp3) is 0.429. The van der Waals surface area contributed by atoms with Crippen molar-refractivity contribution in [2.45, 2.75) is 46.2 Å². The highest BCUT2D eigenvalue weighted by atomic mass is 32.1. The Morgan fingerprint density at radius 3 is 2.87 bits per heavy atom. The fourth-order valence-corrected chi connectivity index (χ4v) is 4.41. The first kappa shape index (κ1) is 20.3. The smallest absolute Gasteiger partial charge is 0.272 e. The van der Waals surface area contributed by atoms with Crippen LogP contribution in [0.15, 0.2) is 39.1 Å². The van der Waals surface area contributed by atoms with Crippen LogP contribution in [0.25, 0.3) is 16.0 Å². The molecule has 1 amide bonds. The van der Waals surface area contributed by atoms with Gasteiger partial charge in [-0.25, -0.2) is 0 Å². The van der Waals surface area contributed by atoms with Gasteiger partial charge in [0.2, 0.25) is 11.7 Å². The average Bonchev–Trinajstić information content (AvgIpc) is 3.45. The monoisotopic (exact) mass is 427 g/mol. The normalized spacial score (nSPS) is 11.7. The number of fused-ring (bicyclic) bond motifs is 3. The minimum atomic E-state index is -0.0186. The third-order valence-corrected chi connectivity index (χ3v) is 5.91. The van der Waals surface area contributed by atoms with Crippen molar-refractivity contribution >= 4 is 33.2 Å². The number of aryl methyl sites for hydroxylation is 1. The molecule has 30 heavy (non-hydrogen) atoms. The molecule has 0 fully saturated rings. The zero-order chi connectivity index (χ0) is 21.3. The maximum Gasteiger partial charge on any atom is 0.272 e. The van der Waals surface area contributed by atoms with Crippen molar-refractivity contribution in [1.82, 2.24) is 24.1 Å². The number of carbonyl (C=O) groups is 1. The zero-order valence-corrected chi connectivity index (χ0v) is 18.2. The lowest BCUT2D eigenvalue weighted by Gasteiger charge is -2.15. The van der Waals surface area contributed by atoms with Crippen molar-refractivity contribution in [2.75, 3.05) is 7.05 Å². The lowest BCUT2D eigenvalue weighted by Crippen LogP contribution is -2.26. The maximum absolute atomic E-state index is 12.9. The maximum atomic E-state index is 12.9. The van der Waals surface area contributed by atoms with Gasteiger partial charge in [0, 0.05) is 26.4 Å². The Kier molecular flexibility index (Phi) is 5.72. The standard InChI is InChI=1S/C21H25N5O3S/c1-14(2)12-25-20(28)19-16(9-11-30-19)26-17(22-23-21(25)26)7-4-8-18(27)24(3)13-15-6-5-10-29-15/h5-6,9-11,14H,4,7-8,12-13H2,1-3H3. The Morgan fingerprint density at radius 1 is 1.30 bits per heavy atom. The van der Waals surface area contributed by atoms with E-state index in [1.165, 1.54) is 11.3 Å². The molecule has 8 nitrogen and oxygen atoms in total. The molecule has 4 aromatic rings. The van der Waals surface area contributed by atoms with E-state index in [9.17, 15) is 9.59 Å². The summed E-state index contributed by atoms with van der Waals surface area (Å²) in [5.41, 5.74) is 0.816. The van der Waals surface area contributed by atoms with Crippen molar-refractivity contribution in [3.05, 3.63) is 51.8 Å². The molecule has 0 aliphatic rings. The number of aromatic nitrogens is 4. The number of thiophene rings is 1. The second-order valence-electron chi connectivity index (χ2n) is 7.88. The number of rotatable bonds is 8. The van der Waals surface area contributed by atoms with Gasteiger partial charge in [0.05, 0.1) is 18.3 Å². The van der Waals surface area contributed by atoms with E-state index in [0.717, 1.165) is 17.1 Å². The molecule has 0 atom stereocenters. The van der Waals surface area contributed by atoms with E-state index in [2.05, 4.69) is 24.0 Å². The molecular formula is C21H25N5O3S. The fourth-order valence-electron chi connectivity index (χ4n) is 3.59. The molecule has 0 bridgehead atoms. The summed E-state index contributed by atoms with van der Waals surface area (Å²) < 4.78 is 9.69. The van der Waals surface area contributed by atoms with Gasteiger partial charge >= 0.3 is 0 Å². The average molecular weight is 428 g/mol. The molecule has 0 aliphatic heterocycles. The Hall–Kier alpha value is -2.94. The first-order valence-corrected chi connectivity index (χ1v) is 10.9. The van der Waals surface area contributed by atoms with Crippen LogP contribution in [0.2, 0.25) is 0 Å². The first-order valence-electron chi connectivity index (χ1n) is 10.1. The molecular weight excluding hydrogens is 402 g/mol. The molecule has 9 heteroatoms. The molecule has 158 valence electrons. The number of carbonyl (C=O) groups excluding carboxylic acids is 1. The number of nitrogens with zero attached hydrogens (tertiary/aromatic N) is 5. The van der Waals surface area contributed by atoms with Crippen LogP contribution in [0.3, 0.4) is 0 Å². The molecule has 0 radical (unpaired) electrons. The third-order valence-electron chi connectivity index (χ3n) is 5.02. The van der Waals surface area contributed by atoms with E-state index in [4.69, 9.17) is 4.42 Å². The summed E-state index contributed by atoms with van der Waals surface area (Å²) in [6.45, 7) is 5.19. The van der Waals surface area contributed by atoms with Crippen molar-refractivity contribution in [3.63, 3.8) is 0 Å². The number of hydrogen-bond donors (Lipinski definition) is 0. The molecule has 4 aromatic heterocycles. The minimum absolute atomic E-state index is 0.0186. The Morgan fingerprint density at radius 2 is 2.13 bits per heavy atom. The van der Waals surface area contributed by atoms with Crippen molar-refractivity contribution < 1.29 is 9.21 Å². The molecule has 4 heterocycles. The second-order valence-corrected chi connectivity index (χ2v) is 8.80. The van der Waals surface area contributed by atoms with E-state index in [1.807, 2.05) is 28.0 Å². The summed E-state index contributed by atoms with van der Waals surface area (Å²) >= 11 is 1.44. The van der Waals surface area contributed by atoms with Crippen LogP contribution in [0.1, 0.15) is 38.3 Å². The summed E-state index contributed by atoms with van der Waals surface area (Å²) in [7, 11) is 1.77. The van der Waals surface area contributed by atoms with Gasteiger partial charge < -0.3 is 9.32 Å². The summed E-state index contributed by atoms with van der Waals surface area (Å²) in [5, 5.41) is 10.6. The summed E-state index contributed by atoms with van der Waals surface area (Å²) in [4.78, 5) is 27.0. The molecule has 0 N–H and O–H groups in total. The summed E-state index contributed by atoms with van der Waals surface area (Å²) in [5.74, 6) is 2.46. The Balaban J connectivity index is 1.53. The molecule has 0 spiro atoms. The molecule has 0 unspecified atom stereocenters. The predicted molar refractivity (Wildman–Crippen MR) is 116 cm³/mol. The SMILES string of the molecule is CC(C)Cn1c(=O)c2sccc2n2c(CCCC(=O)N(C)Cc3ccco3)nnc12. The molecule has 4 rings (SSSR count). The summed E-state index contributed by atoms with van der Waals surface area (Å²) in [6.07, 6.45) is 3.27. The zero-order valence-electron chi connectivity index (χ0n) is 17.4. The predicted octanol–water partition coefficient (Wildman–Crippen LogP) is 3.34. The van der Waals surface area contributed by atoms with Crippen LogP contribution in [-0.2, 0) is 24.3 Å². The van der Waals surface area contributed by atoms with E-state index in [-0.39, 0.29) is 11.5 Å². The van der Waals surface area contributed by atoms with Gasteiger partial charge in [-0.1, -0.05) is 13.8 Å². The van der Waals surface area contributed by atoms with Gasteiger partial charge in [0.1, 0.15) is 16.3 Å². The van der Waals surface area contributed by atoms with Crippen molar-refractivity contribution in [1.29, 1.82) is 0 Å². The number of amides is 1. The van der Waals surface area contributed by atoms with Gasteiger partial charge in [0.25, 0.3) is 5.56 Å². The highest BCUT2D eigenvalue weighted by Crippen LogP contribution is 2.21.